The summed E-state index contributed by atoms with van der Waals surface area (Å²) in [5.74, 6) is -0.835. The summed E-state index contributed by atoms with van der Waals surface area (Å²) in [4.78, 5) is 10.1. The first-order valence-corrected chi connectivity index (χ1v) is 5.78. The Kier molecular flexibility index (Phi) is 5.51. The largest absolute Gasteiger partial charge is 0.383 e. The van der Waals surface area contributed by atoms with Crippen LogP contribution in [0.5, 0.6) is 0 Å². The number of rotatable bonds is 7. The molecule has 0 aliphatic rings. The van der Waals surface area contributed by atoms with E-state index in [1.54, 1.807) is 7.11 Å². The van der Waals surface area contributed by atoms with Gasteiger partial charge in [0.2, 0.25) is 5.82 Å². The Labute approximate surface area is 105 Å². The molecule has 5 nitrogen and oxygen atoms in total. The molecule has 0 spiro atoms. The van der Waals surface area contributed by atoms with Crippen molar-refractivity contribution in [3.63, 3.8) is 0 Å². The van der Waals surface area contributed by atoms with Crippen molar-refractivity contribution < 1.29 is 14.1 Å². The third kappa shape index (κ3) is 3.66. The van der Waals surface area contributed by atoms with Crippen molar-refractivity contribution in [2.75, 3.05) is 19.0 Å². The molecule has 1 N–H and O–H groups in total. The first-order valence-electron chi connectivity index (χ1n) is 5.78. The molecule has 18 heavy (non-hydrogen) atoms. The number of hydrogen-bond donors (Lipinski definition) is 1. The van der Waals surface area contributed by atoms with Crippen LogP contribution in [0.4, 0.5) is 15.8 Å². The monoisotopic (exact) mass is 256 g/mol. The number of benzene rings is 1. The molecule has 1 atom stereocenters. The Balaban J connectivity index is 2.94. The van der Waals surface area contributed by atoms with Crippen LogP contribution in [0.3, 0.4) is 0 Å². The molecule has 0 aliphatic carbocycles. The van der Waals surface area contributed by atoms with Gasteiger partial charge < -0.3 is 10.1 Å². The van der Waals surface area contributed by atoms with Crippen LogP contribution in [0, 0.1) is 15.9 Å². The summed E-state index contributed by atoms with van der Waals surface area (Å²) in [5.41, 5.74) is -0.329. The topological polar surface area (TPSA) is 64.4 Å². The highest BCUT2D eigenvalue weighted by Gasteiger charge is 2.21. The molecule has 0 amide bonds. The summed E-state index contributed by atoms with van der Waals surface area (Å²) in [6, 6.07) is 3.95. The van der Waals surface area contributed by atoms with Crippen molar-refractivity contribution in [3.05, 3.63) is 34.1 Å². The highest BCUT2D eigenvalue weighted by Crippen LogP contribution is 2.28. The molecular weight excluding hydrogens is 239 g/mol. The average Bonchev–Trinajstić information content (AvgIpc) is 2.29. The molecule has 0 heterocycles. The maximum absolute atomic E-state index is 13.4. The third-order valence-corrected chi connectivity index (χ3v) is 2.53. The molecule has 0 saturated carbocycles. The summed E-state index contributed by atoms with van der Waals surface area (Å²) in [7, 11) is 1.56. The Bertz CT molecular complexity index is 406. The van der Waals surface area contributed by atoms with E-state index in [0.29, 0.717) is 6.61 Å². The van der Waals surface area contributed by atoms with Crippen molar-refractivity contribution in [2.24, 2.45) is 0 Å². The van der Waals surface area contributed by atoms with Crippen molar-refractivity contribution in [3.8, 4) is 0 Å². The van der Waals surface area contributed by atoms with Gasteiger partial charge in [-0.15, -0.1) is 0 Å². The third-order valence-electron chi connectivity index (χ3n) is 2.53. The number of anilines is 1. The molecule has 0 bridgehead atoms. The minimum absolute atomic E-state index is 0.0690. The number of hydrogen-bond acceptors (Lipinski definition) is 4. The van der Waals surface area contributed by atoms with Gasteiger partial charge in [0.25, 0.3) is 0 Å². The highest BCUT2D eigenvalue weighted by molar-refractivity contribution is 5.62. The Morgan fingerprint density at radius 1 is 1.56 bits per heavy atom. The lowest BCUT2D eigenvalue weighted by molar-refractivity contribution is -0.386. The van der Waals surface area contributed by atoms with E-state index in [2.05, 4.69) is 5.32 Å². The van der Waals surface area contributed by atoms with Crippen LogP contribution in [-0.2, 0) is 4.74 Å². The number of para-hydroxylation sites is 1. The van der Waals surface area contributed by atoms with Crippen LogP contribution in [0.2, 0.25) is 0 Å². The maximum Gasteiger partial charge on any atom is 0.327 e. The quantitative estimate of drug-likeness (QED) is 0.601. The van der Waals surface area contributed by atoms with Crippen LogP contribution in [0.1, 0.15) is 19.8 Å². The Hall–Kier alpha value is -1.69. The second-order valence-corrected chi connectivity index (χ2v) is 3.98. The Morgan fingerprint density at radius 2 is 2.28 bits per heavy atom. The molecule has 100 valence electrons. The van der Waals surface area contributed by atoms with E-state index in [9.17, 15) is 14.5 Å². The number of halogens is 1. The van der Waals surface area contributed by atoms with Crippen LogP contribution in [0.25, 0.3) is 0 Å². The second-order valence-electron chi connectivity index (χ2n) is 3.98. The van der Waals surface area contributed by atoms with E-state index in [1.807, 2.05) is 6.92 Å². The van der Waals surface area contributed by atoms with E-state index < -0.39 is 16.4 Å². The zero-order valence-corrected chi connectivity index (χ0v) is 10.5. The highest BCUT2D eigenvalue weighted by atomic mass is 19.1. The fraction of sp³-hybridized carbons (Fsp3) is 0.500. The van der Waals surface area contributed by atoms with Crippen molar-refractivity contribution in [1.82, 2.24) is 0 Å². The number of nitrogens with one attached hydrogen (secondary N) is 1. The van der Waals surface area contributed by atoms with Crippen LogP contribution in [0.15, 0.2) is 18.2 Å². The summed E-state index contributed by atoms with van der Waals surface area (Å²) >= 11 is 0. The van der Waals surface area contributed by atoms with Crippen molar-refractivity contribution in [2.45, 2.75) is 25.8 Å². The van der Waals surface area contributed by atoms with E-state index in [0.717, 1.165) is 18.9 Å². The first kappa shape index (κ1) is 14.4. The fourth-order valence-corrected chi connectivity index (χ4v) is 1.78. The molecule has 0 saturated heterocycles. The molecule has 0 radical (unpaired) electrons. The zero-order valence-electron chi connectivity index (χ0n) is 10.5. The van der Waals surface area contributed by atoms with Crippen LogP contribution in [-0.4, -0.2) is 24.7 Å². The first-order chi connectivity index (χ1) is 8.60. The standard InChI is InChI=1S/C12H17FN2O3/c1-3-5-9(8-18-2)14-11-7-4-6-10(13)12(11)15(16)17/h4,6-7,9,14H,3,5,8H2,1-2H3. The van der Waals surface area contributed by atoms with E-state index in [1.165, 1.54) is 12.1 Å². The summed E-state index contributed by atoms with van der Waals surface area (Å²) in [6.45, 7) is 2.42. The predicted octanol–water partition coefficient (Wildman–Crippen LogP) is 2.96. The van der Waals surface area contributed by atoms with Gasteiger partial charge >= 0.3 is 5.69 Å². The molecular formula is C12H17FN2O3. The van der Waals surface area contributed by atoms with Gasteiger partial charge in [-0.05, 0) is 18.6 Å². The Morgan fingerprint density at radius 3 is 2.83 bits per heavy atom. The van der Waals surface area contributed by atoms with Gasteiger partial charge in [0.05, 0.1) is 11.5 Å². The zero-order chi connectivity index (χ0) is 13.5. The number of nitrogens with zero attached hydrogens (tertiary/aromatic N) is 1. The van der Waals surface area contributed by atoms with Crippen LogP contribution >= 0.6 is 0 Å². The van der Waals surface area contributed by atoms with E-state index >= 15 is 0 Å². The van der Waals surface area contributed by atoms with Gasteiger partial charge in [-0.1, -0.05) is 19.4 Å². The van der Waals surface area contributed by atoms with E-state index in [-0.39, 0.29) is 11.7 Å². The smallest absolute Gasteiger partial charge is 0.327 e. The predicted molar refractivity (Wildman–Crippen MR) is 67.2 cm³/mol. The molecule has 6 heteroatoms. The normalized spacial score (nSPS) is 12.2. The van der Waals surface area contributed by atoms with Gasteiger partial charge in [-0.3, -0.25) is 10.1 Å². The summed E-state index contributed by atoms with van der Waals surface area (Å²) in [5, 5.41) is 13.8. The van der Waals surface area contributed by atoms with E-state index in [4.69, 9.17) is 4.74 Å². The maximum atomic E-state index is 13.4. The van der Waals surface area contributed by atoms with Gasteiger partial charge in [0.15, 0.2) is 0 Å². The molecule has 1 aromatic rings. The SMILES string of the molecule is CCCC(COC)Nc1cccc(F)c1[N+](=O)[O-]. The lowest BCUT2D eigenvalue weighted by Gasteiger charge is -2.18. The van der Waals surface area contributed by atoms with Gasteiger partial charge in [0.1, 0.15) is 5.69 Å². The van der Waals surface area contributed by atoms with Crippen molar-refractivity contribution >= 4 is 11.4 Å². The number of methoxy groups -OCH3 is 1. The summed E-state index contributed by atoms with van der Waals surface area (Å²) in [6.07, 6.45) is 1.70. The molecule has 0 aliphatic heterocycles. The van der Waals surface area contributed by atoms with Crippen LogP contribution < -0.4 is 5.32 Å². The minimum Gasteiger partial charge on any atom is -0.383 e. The lowest BCUT2D eigenvalue weighted by atomic mass is 10.1. The molecule has 1 rings (SSSR count). The number of ether oxygens (including phenoxy) is 1. The van der Waals surface area contributed by atoms with Gasteiger partial charge in [-0.2, -0.15) is 4.39 Å². The molecule has 0 aromatic heterocycles. The fourth-order valence-electron chi connectivity index (χ4n) is 1.78. The molecule has 1 unspecified atom stereocenters. The minimum atomic E-state index is -0.835. The summed E-state index contributed by atoms with van der Waals surface area (Å²) < 4.78 is 18.4. The number of nitro benzene ring substituents is 1. The van der Waals surface area contributed by atoms with Gasteiger partial charge in [0, 0.05) is 13.2 Å². The second kappa shape index (κ2) is 6.90. The van der Waals surface area contributed by atoms with Gasteiger partial charge in [-0.25, -0.2) is 0 Å². The van der Waals surface area contributed by atoms with Crippen molar-refractivity contribution in [1.29, 1.82) is 0 Å². The lowest BCUT2D eigenvalue weighted by Crippen LogP contribution is -2.25. The molecule has 0 fully saturated rings. The molecule has 1 aromatic carbocycles. The number of nitro groups is 1. The average molecular weight is 256 g/mol.